The number of aromatic nitrogens is 1. The highest BCUT2D eigenvalue weighted by molar-refractivity contribution is 7.18. The monoisotopic (exact) mass is 290 g/mol. The van der Waals surface area contributed by atoms with Gasteiger partial charge in [0.05, 0.1) is 7.11 Å². The molecule has 6 nitrogen and oxygen atoms in total. The molecule has 0 radical (unpaired) electrons. The predicted molar refractivity (Wildman–Crippen MR) is 71.2 cm³/mol. The minimum Gasteiger partial charge on any atom is -0.465 e. The van der Waals surface area contributed by atoms with E-state index in [1.165, 1.54) is 18.4 Å². The fourth-order valence-electron chi connectivity index (χ4n) is 1.62. The van der Waals surface area contributed by atoms with Gasteiger partial charge in [-0.1, -0.05) is 22.9 Å². The number of hydrogen-bond acceptors (Lipinski definition) is 7. The van der Waals surface area contributed by atoms with Crippen LogP contribution in [0.4, 0.5) is 5.13 Å². The van der Waals surface area contributed by atoms with Crippen molar-refractivity contribution < 1.29 is 9.53 Å². The van der Waals surface area contributed by atoms with Crippen LogP contribution >= 0.6 is 22.9 Å². The maximum atomic E-state index is 11.4. The van der Waals surface area contributed by atoms with Crippen LogP contribution in [0.5, 0.6) is 0 Å². The van der Waals surface area contributed by atoms with E-state index in [1.54, 1.807) is 0 Å². The zero-order chi connectivity index (χ0) is 13.1. The smallest absolute Gasteiger partial charge is 0.351 e. The highest BCUT2D eigenvalue weighted by Crippen LogP contribution is 2.27. The minimum absolute atomic E-state index is 0.184. The summed E-state index contributed by atoms with van der Waals surface area (Å²) in [5.74, 6) is -0.455. The Morgan fingerprint density at radius 1 is 1.44 bits per heavy atom. The molecule has 1 aliphatic heterocycles. The average Bonchev–Trinajstić information content (AvgIpc) is 2.72. The van der Waals surface area contributed by atoms with Gasteiger partial charge in [-0.15, -0.1) is 0 Å². The van der Waals surface area contributed by atoms with Crippen LogP contribution in [0.3, 0.4) is 0 Å². The molecule has 0 saturated carbocycles. The quantitative estimate of drug-likeness (QED) is 0.843. The number of rotatable bonds is 3. The number of carbonyl (C=O) groups is 1. The lowest BCUT2D eigenvalue weighted by atomic mass is 10.4. The number of nitrogens with one attached hydrogen (secondary N) is 1. The number of carbonyl (C=O) groups excluding carboxylic acids is 1. The lowest BCUT2D eigenvalue weighted by Gasteiger charge is -2.32. The first kappa shape index (κ1) is 13.5. The van der Waals surface area contributed by atoms with Crippen molar-refractivity contribution in [2.75, 3.05) is 45.8 Å². The summed E-state index contributed by atoms with van der Waals surface area (Å²) in [6.45, 7) is 3.80. The number of anilines is 1. The molecular weight excluding hydrogens is 276 g/mol. The number of piperazine rings is 1. The maximum absolute atomic E-state index is 11.4. The van der Waals surface area contributed by atoms with Gasteiger partial charge in [-0.3, -0.25) is 5.43 Å². The second-order valence-electron chi connectivity index (χ2n) is 4.03. The second-order valence-corrected chi connectivity index (χ2v) is 5.39. The summed E-state index contributed by atoms with van der Waals surface area (Å²) < 4.78 is 4.63. The number of ether oxygens (including phenoxy) is 1. The summed E-state index contributed by atoms with van der Waals surface area (Å²) in [6.07, 6.45) is 0. The largest absolute Gasteiger partial charge is 0.465 e. The molecule has 0 amide bonds. The summed E-state index contributed by atoms with van der Waals surface area (Å²) in [5, 5.41) is 2.87. The van der Waals surface area contributed by atoms with E-state index in [-0.39, 0.29) is 5.15 Å². The Bertz CT molecular complexity index is 432. The average molecular weight is 291 g/mol. The van der Waals surface area contributed by atoms with Crippen molar-refractivity contribution in [3.05, 3.63) is 10.0 Å². The van der Waals surface area contributed by atoms with Crippen LogP contribution in [0.2, 0.25) is 5.15 Å². The third kappa shape index (κ3) is 3.11. The minimum atomic E-state index is -0.455. The van der Waals surface area contributed by atoms with Crippen LogP contribution < -0.4 is 5.43 Å². The lowest BCUT2D eigenvalue weighted by Crippen LogP contribution is -2.46. The Hall–Kier alpha value is -0.890. The molecular formula is C10H15ClN4O2S. The van der Waals surface area contributed by atoms with E-state index in [4.69, 9.17) is 11.6 Å². The molecule has 18 heavy (non-hydrogen) atoms. The van der Waals surface area contributed by atoms with Crippen molar-refractivity contribution in [1.29, 1.82) is 0 Å². The number of thiazole rings is 1. The number of hydrogen-bond donors (Lipinski definition) is 1. The number of halogens is 1. The molecule has 0 spiro atoms. The SMILES string of the molecule is COC(=O)c1sc(NN2CCN(C)CC2)nc1Cl. The number of likely N-dealkylation sites (N-methyl/N-ethyl adjacent to an activating group) is 1. The van der Waals surface area contributed by atoms with Gasteiger partial charge in [0, 0.05) is 26.2 Å². The Morgan fingerprint density at radius 3 is 2.72 bits per heavy atom. The zero-order valence-corrected chi connectivity index (χ0v) is 11.8. The van der Waals surface area contributed by atoms with Crippen molar-refractivity contribution in [3.8, 4) is 0 Å². The van der Waals surface area contributed by atoms with Crippen LogP contribution in [-0.2, 0) is 4.74 Å². The molecule has 0 atom stereocenters. The molecule has 0 aromatic carbocycles. The third-order valence-electron chi connectivity index (χ3n) is 2.71. The Kier molecular flexibility index (Phi) is 4.39. The first-order chi connectivity index (χ1) is 8.60. The van der Waals surface area contributed by atoms with Crippen molar-refractivity contribution in [2.45, 2.75) is 0 Å². The van der Waals surface area contributed by atoms with Gasteiger partial charge in [-0.25, -0.2) is 14.8 Å². The first-order valence-electron chi connectivity index (χ1n) is 5.55. The highest BCUT2D eigenvalue weighted by Gasteiger charge is 2.19. The second kappa shape index (κ2) is 5.83. The molecule has 1 aromatic heterocycles. The van der Waals surface area contributed by atoms with Crippen molar-refractivity contribution in [1.82, 2.24) is 14.9 Å². The molecule has 1 N–H and O–H groups in total. The van der Waals surface area contributed by atoms with Gasteiger partial charge in [0.1, 0.15) is 0 Å². The number of esters is 1. The van der Waals surface area contributed by atoms with E-state index < -0.39 is 5.97 Å². The van der Waals surface area contributed by atoms with Crippen LogP contribution in [0.25, 0.3) is 0 Å². The molecule has 2 rings (SSSR count). The van der Waals surface area contributed by atoms with Crippen LogP contribution in [-0.4, -0.2) is 61.2 Å². The molecule has 1 saturated heterocycles. The normalized spacial score (nSPS) is 17.7. The zero-order valence-electron chi connectivity index (χ0n) is 10.3. The summed E-state index contributed by atoms with van der Waals surface area (Å²) in [4.78, 5) is 18.1. The molecule has 1 fully saturated rings. The lowest BCUT2D eigenvalue weighted by molar-refractivity contribution is 0.0606. The van der Waals surface area contributed by atoms with Crippen molar-refractivity contribution in [2.24, 2.45) is 0 Å². The molecule has 100 valence electrons. The molecule has 0 aliphatic carbocycles. The Balaban J connectivity index is 2.00. The van der Waals surface area contributed by atoms with Crippen LogP contribution in [0, 0.1) is 0 Å². The topological polar surface area (TPSA) is 57.7 Å². The molecule has 0 bridgehead atoms. The van der Waals surface area contributed by atoms with Gasteiger partial charge in [0.2, 0.25) is 0 Å². The van der Waals surface area contributed by atoms with Crippen LogP contribution in [0.15, 0.2) is 0 Å². The van der Waals surface area contributed by atoms with Crippen LogP contribution in [0.1, 0.15) is 9.67 Å². The van der Waals surface area contributed by atoms with E-state index >= 15 is 0 Å². The van der Waals surface area contributed by atoms with Gasteiger partial charge in [0.15, 0.2) is 15.2 Å². The molecule has 8 heteroatoms. The third-order valence-corrected chi connectivity index (χ3v) is 4.04. The van der Waals surface area contributed by atoms with E-state index in [0.717, 1.165) is 26.2 Å². The molecule has 1 aromatic rings. The van der Waals surface area contributed by atoms with Gasteiger partial charge >= 0.3 is 5.97 Å². The predicted octanol–water partition coefficient (Wildman–Crippen LogP) is 1.16. The molecule has 2 heterocycles. The first-order valence-corrected chi connectivity index (χ1v) is 6.74. The van der Waals surface area contributed by atoms with Crippen molar-refractivity contribution >= 4 is 34.0 Å². The fourth-order valence-corrected chi connectivity index (χ4v) is 2.75. The standard InChI is InChI=1S/C10H15ClN4O2S/c1-14-3-5-15(6-4-14)13-10-12-8(11)7(18-10)9(16)17-2/h3-6H2,1-2H3,(H,12,13). The Labute approximate surface area is 114 Å². The maximum Gasteiger partial charge on any atom is 0.351 e. The van der Waals surface area contributed by atoms with Crippen molar-refractivity contribution in [3.63, 3.8) is 0 Å². The summed E-state index contributed by atoms with van der Waals surface area (Å²) in [5.41, 5.74) is 3.16. The molecule has 1 aliphatic rings. The van der Waals surface area contributed by atoms with Gasteiger partial charge < -0.3 is 9.64 Å². The van der Waals surface area contributed by atoms with E-state index in [9.17, 15) is 4.79 Å². The van der Waals surface area contributed by atoms with Gasteiger partial charge in [-0.2, -0.15) is 0 Å². The highest BCUT2D eigenvalue weighted by atomic mass is 35.5. The van der Waals surface area contributed by atoms with Gasteiger partial charge in [-0.05, 0) is 7.05 Å². The Morgan fingerprint density at radius 2 is 2.11 bits per heavy atom. The van der Waals surface area contributed by atoms with E-state index in [1.807, 2.05) is 0 Å². The fraction of sp³-hybridized carbons (Fsp3) is 0.600. The van der Waals surface area contributed by atoms with Gasteiger partial charge in [0.25, 0.3) is 0 Å². The summed E-state index contributed by atoms with van der Waals surface area (Å²) in [6, 6.07) is 0. The number of methoxy groups -OCH3 is 1. The molecule has 0 unspecified atom stereocenters. The number of hydrazine groups is 1. The summed E-state index contributed by atoms with van der Waals surface area (Å²) in [7, 11) is 3.42. The summed E-state index contributed by atoms with van der Waals surface area (Å²) >= 11 is 7.09. The van der Waals surface area contributed by atoms with E-state index in [2.05, 4.69) is 32.1 Å². The number of nitrogens with zero attached hydrogens (tertiary/aromatic N) is 3. The van der Waals surface area contributed by atoms with E-state index in [0.29, 0.717) is 10.0 Å².